The first-order chi connectivity index (χ1) is 8.60. The molecule has 96 valence electrons. The molecule has 0 aromatic heterocycles. The molecule has 0 bridgehead atoms. The van der Waals surface area contributed by atoms with Gasteiger partial charge in [0.2, 0.25) is 0 Å². The second-order valence-electron chi connectivity index (χ2n) is 3.98. The van der Waals surface area contributed by atoms with Crippen molar-refractivity contribution in [3.8, 4) is 0 Å². The number of aldehydes is 1. The summed E-state index contributed by atoms with van der Waals surface area (Å²) in [7, 11) is 1.80. The highest BCUT2D eigenvalue weighted by Gasteiger charge is 2.17. The van der Waals surface area contributed by atoms with Gasteiger partial charge in [-0.3, -0.25) is 14.9 Å². The van der Waals surface area contributed by atoms with E-state index in [1.165, 1.54) is 6.07 Å². The van der Waals surface area contributed by atoms with Crippen LogP contribution in [0.1, 0.15) is 23.2 Å². The van der Waals surface area contributed by atoms with Crippen LogP contribution in [-0.4, -0.2) is 24.8 Å². The molecule has 0 atom stereocenters. The molecule has 0 N–H and O–H groups in total. The summed E-state index contributed by atoms with van der Waals surface area (Å²) in [5.41, 5.74) is 0.792. The van der Waals surface area contributed by atoms with E-state index in [1.54, 1.807) is 19.2 Å². The molecule has 0 aliphatic heterocycles. The lowest BCUT2D eigenvalue weighted by Gasteiger charge is -2.18. The highest BCUT2D eigenvalue weighted by atomic mass is 16.6. The largest absolute Gasteiger partial charge is 0.369 e. The van der Waals surface area contributed by atoms with Crippen molar-refractivity contribution in [3.63, 3.8) is 0 Å². The number of allylic oxidation sites excluding steroid dienone is 1. The SMILES string of the molecule is C=CCCCN(C)c1ccc(C=O)cc1[N+](=O)[O-]. The van der Waals surface area contributed by atoms with E-state index in [0.717, 1.165) is 12.8 Å². The fourth-order valence-electron chi connectivity index (χ4n) is 1.68. The minimum Gasteiger partial charge on any atom is -0.369 e. The summed E-state index contributed by atoms with van der Waals surface area (Å²) >= 11 is 0. The Morgan fingerprint density at radius 2 is 2.22 bits per heavy atom. The third kappa shape index (κ3) is 3.41. The number of hydrogen-bond acceptors (Lipinski definition) is 4. The van der Waals surface area contributed by atoms with E-state index in [1.807, 2.05) is 11.0 Å². The summed E-state index contributed by atoms with van der Waals surface area (Å²) in [5, 5.41) is 11.0. The molecule has 0 fully saturated rings. The molecule has 5 nitrogen and oxygen atoms in total. The number of unbranched alkanes of at least 4 members (excludes halogenated alkanes) is 1. The number of carbonyl (C=O) groups excluding carboxylic acids is 1. The summed E-state index contributed by atoms with van der Waals surface area (Å²) < 4.78 is 0. The molecule has 5 heteroatoms. The Hall–Kier alpha value is -2.17. The van der Waals surface area contributed by atoms with Crippen molar-refractivity contribution >= 4 is 17.7 Å². The lowest BCUT2D eigenvalue weighted by Crippen LogP contribution is -2.19. The van der Waals surface area contributed by atoms with Crippen LogP contribution in [0.3, 0.4) is 0 Å². The van der Waals surface area contributed by atoms with Crippen LogP contribution in [0.15, 0.2) is 30.9 Å². The molecule has 1 aromatic carbocycles. The van der Waals surface area contributed by atoms with E-state index in [2.05, 4.69) is 6.58 Å². The summed E-state index contributed by atoms with van der Waals surface area (Å²) in [6.07, 6.45) is 4.17. The third-order valence-corrected chi connectivity index (χ3v) is 2.65. The maximum absolute atomic E-state index is 11.0. The van der Waals surface area contributed by atoms with Gasteiger partial charge in [-0.25, -0.2) is 0 Å². The lowest BCUT2D eigenvalue weighted by molar-refractivity contribution is -0.384. The van der Waals surface area contributed by atoms with Crippen LogP contribution in [0.5, 0.6) is 0 Å². The van der Waals surface area contributed by atoms with E-state index in [9.17, 15) is 14.9 Å². The highest BCUT2D eigenvalue weighted by Crippen LogP contribution is 2.28. The normalized spacial score (nSPS) is 9.83. The molecule has 0 saturated carbocycles. The fourth-order valence-corrected chi connectivity index (χ4v) is 1.68. The fraction of sp³-hybridized carbons (Fsp3) is 0.308. The van der Waals surface area contributed by atoms with Crippen LogP contribution in [0.2, 0.25) is 0 Å². The van der Waals surface area contributed by atoms with Crippen molar-refractivity contribution in [3.05, 3.63) is 46.5 Å². The lowest BCUT2D eigenvalue weighted by atomic mass is 10.1. The number of hydrogen-bond donors (Lipinski definition) is 0. The van der Waals surface area contributed by atoms with E-state index in [0.29, 0.717) is 24.1 Å². The molecular formula is C13H16N2O3. The Balaban J connectivity index is 2.95. The van der Waals surface area contributed by atoms with Gasteiger partial charge in [-0.2, -0.15) is 0 Å². The highest BCUT2D eigenvalue weighted by molar-refractivity contribution is 5.79. The van der Waals surface area contributed by atoms with Crippen molar-refractivity contribution in [1.29, 1.82) is 0 Å². The smallest absolute Gasteiger partial charge is 0.293 e. The average Bonchev–Trinajstić information content (AvgIpc) is 2.38. The first-order valence-corrected chi connectivity index (χ1v) is 5.65. The predicted molar refractivity (Wildman–Crippen MR) is 71.2 cm³/mol. The second-order valence-corrected chi connectivity index (χ2v) is 3.98. The van der Waals surface area contributed by atoms with Gasteiger partial charge in [-0.05, 0) is 25.0 Å². The molecule has 0 aliphatic carbocycles. The number of nitrogens with zero attached hydrogens (tertiary/aromatic N) is 2. The van der Waals surface area contributed by atoms with Gasteiger partial charge in [0.25, 0.3) is 5.69 Å². The van der Waals surface area contributed by atoms with Crippen LogP contribution in [0, 0.1) is 10.1 Å². The first kappa shape index (κ1) is 13.9. The number of nitro benzene ring substituents is 1. The monoisotopic (exact) mass is 248 g/mol. The van der Waals surface area contributed by atoms with Gasteiger partial charge in [-0.15, -0.1) is 6.58 Å². The van der Waals surface area contributed by atoms with Gasteiger partial charge in [0, 0.05) is 25.2 Å². The Morgan fingerprint density at radius 3 is 2.78 bits per heavy atom. The number of rotatable bonds is 7. The number of anilines is 1. The summed E-state index contributed by atoms with van der Waals surface area (Å²) in [4.78, 5) is 22.9. The maximum Gasteiger partial charge on any atom is 0.293 e. The molecule has 0 unspecified atom stereocenters. The van der Waals surface area contributed by atoms with E-state index in [-0.39, 0.29) is 5.69 Å². The van der Waals surface area contributed by atoms with Crippen LogP contribution < -0.4 is 4.90 Å². The molecule has 0 aliphatic rings. The number of benzene rings is 1. The van der Waals surface area contributed by atoms with E-state index in [4.69, 9.17) is 0 Å². The molecule has 0 heterocycles. The van der Waals surface area contributed by atoms with Crippen LogP contribution in [0.4, 0.5) is 11.4 Å². The van der Waals surface area contributed by atoms with Crippen molar-refractivity contribution in [2.24, 2.45) is 0 Å². The van der Waals surface area contributed by atoms with Crippen molar-refractivity contribution < 1.29 is 9.72 Å². The molecule has 1 rings (SSSR count). The summed E-state index contributed by atoms with van der Waals surface area (Å²) in [6.45, 7) is 4.33. The van der Waals surface area contributed by atoms with E-state index < -0.39 is 4.92 Å². The van der Waals surface area contributed by atoms with Gasteiger partial charge in [0.1, 0.15) is 12.0 Å². The molecule has 1 aromatic rings. The van der Waals surface area contributed by atoms with Crippen molar-refractivity contribution in [2.45, 2.75) is 12.8 Å². The van der Waals surface area contributed by atoms with Gasteiger partial charge < -0.3 is 4.90 Å². The van der Waals surface area contributed by atoms with Crippen LogP contribution >= 0.6 is 0 Å². The summed E-state index contributed by atoms with van der Waals surface area (Å²) in [5.74, 6) is 0. The van der Waals surface area contributed by atoms with Gasteiger partial charge in [-0.1, -0.05) is 6.08 Å². The Bertz CT molecular complexity index is 458. The van der Waals surface area contributed by atoms with Gasteiger partial charge >= 0.3 is 0 Å². The molecule has 0 spiro atoms. The molecule has 0 radical (unpaired) electrons. The van der Waals surface area contributed by atoms with Crippen molar-refractivity contribution in [2.75, 3.05) is 18.5 Å². The third-order valence-electron chi connectivity index (χ3n) is 2.65. The first-order valence-electron chi connectivity index (χ1n) is 5.65. The standard InChI is InChI=1S/C13H16N2O3/c1-3-4-5-8-14(2)12-7-6-11(10-16)9-13(12)15(17)18/h3,6-7,9-10H,1,4-5,8H2,2H3. The molecule has 0 saturated heterocycles. The molecule has 18 heavy (non-hydrogen) atoms. The van der Waals surface area contributed by atoms with Gasteiger partial charge in [0.05, 0.1) is 4.92 Å². The minimum atomic E-state index is -0.466. The molecule has 0 amide bonds. The zero-order chi connectivity index (χ0) is 13.5. The number of nitro groups is 1. The zero-order valence-electron chi connectivity index (χ0n) is 10.3. The Kier molecular flexibility index (Phi) is 5.05. The minimum absolute atomic E-state index is 0.0410. The zero-order valence-corrected chi connectivity index (χ0v) is 10.3. The van der Waals surface area contributed by atoms with Crippen molar-refractivity contribution in [1.82, 2.24) is 0 Å². The molecular weight excluding hydrogens is 232 g/mol. The maximum atomic E-state index is 11.0. The Labute approximate surface area is 106 Å². The van der Waals surface area contributed by atoms with E-state index >= 15 is 0 Å². The predicted octanol–water partition coefficient (Wildman–Crippen LogP) is 2.81. The van der Waals surface area contributed by atoms with Crippen LogP contribution in [0.25, 0.3) is 0 Å². The van der Waals surface area contributed by atoms with Crippen LogP contribution in [-0.2, 0) is 0 Å². The average molecular weight is 248 g/mol. The quantitative estimate of drug-likeness (QED) is 0.245. The topological polar surface area (TPSA) is 63.5 Å². The summed E-state index contributed by atoms with van der Waals surface area (Å²) in [6, 6.07) is 4.49. The number of carbonyl (C=O) groups is 1. The Morgan fingerprint density at radius 1 is 1.50 bits per heavy atom. The second kappa shape index (κ2) is 6.54. The van der Waals surface area contributed by atoms with Gasteiger partial charge in [0.15, 0.2) is 0 Å².